The van der Waals surface area contributed by atoms with Gasteiger partial charge in [0.25, 0.3) is 5.91 Å². The van der Waals surface area contributed by atoms with Gasteiger partial charge in [-0.1, -0.05) is 30.3 Å². The van der Waals surface area contributed by atoms with Gasteiger partial charge < -0.3 is 15.3 Å². The van der Waals surface area contributed by atoms with Gasteiger partial charge in [0.05, 0.1) is 0 Å². The topological polar surface area (TPSA) is 69.6 Å². The number of nitrogens with one attached hydrogen (secondary N) is 1. The van der Waals surface area contributed by atoms with Crippen LogP contribution in [0.1, 0.15) is 12.0 Å². The van der Waals surface area contributed by atoms with Crippen LogP contribution < -0.4 is 5.32 Å². The molecule has 0 aromatic heterocycles. The maximum absolute atomic E-state index is 11.4. The van der Waals surface area contributed by atoms with Crippen LogP contribution in [0.25, 0.3) is 0 Å². The van der Waals surface area contributed by atoms with E-state index in [1.54, 1.807) is 0 Å². The van der Waals surface area contributed by atoms with E-state index in [4.69, 9.17) is 0 Å². The molecule has 5 heteroatoms. The van der Waals surface area contributed by atoms with E-state index in [0.29, 0.717) is 18.5 Å². The van der Waals surface area contributed by atoms with Crippen LogP contribution in [0, 0.1) is 0 Å². The summed E-state index contributed by atoms with van der Waals surface area (Å²) in [5, 5.41) is 11.6. The van der Waals surface area contributed by atoms with Gasteiger partial charge in [-0.05, 0) is 5.56 Å². The first kappa shape index (κ1) is 12.3. The molecule has 94 valence electrons. The van der Waals surface area contributed by atoms with Gasteiger partial charge in [0, 0.05) is 24.7 Å². The second kappa shape index (κ2) is 5.46. The van der Waals surface area contributed by atoms with E-state index in [-0.39, 0.29) is 12.3 Å². The molecule has 1 aliphatic heterocycles. The van der Waals surface area contributed by atoms with E-state index in [1.165, 1.54) is 11.1 Å². The molecule has 5 nitrogen and oxygen atoms in total. The summed E-state index contributed by atoms with van der Waals surface area (Å²) in [6.07, 6.45) is 1.51. The molecule has 1 heterocycles. The third-order valence-electron chi connectivity index (χ3n) is 2.67. The molecule has 1 unspecified atom stereocenters. The third kappa shape index (κ3) is 2.95. The highest BCUT2D eigenvalue weighted by Crippen LogP contribution is 2.14. The highest BCUT2D eigenvalue weighted by molar-refractivity contribution is 5.95. The SMILES string of the molecule is O=CN(C=C1CC(O)NC1=O)Cc1ccccc1. The zero-order chi connectivity index (χ0) is 13.0. The lowest BCUT2D eigenvalue weighted by Crippen LogP contribution is -2.24. The average Bonchev–Trinajstić information content (AvgIpc) is 2.68. The van der Waals surface area contributed by atoms with Gasteiger partial charge in [-0.3, -0.25) is 9.59 Å². The van der Waals surface area contributed by atoms with Gasteiger partial charge in [0.15, 0.2) is 0 Å². The van der Waals surface area contributed by atoms with E-state index in [2.05, 4.69) is 5.32 Å². The fourth-order valence-electron chi connectivity index (χ4n) is 1.82. The molecule has 1 aliphatic rings. The normalized spacial score (nSPS) is 20.8. The quantitative estimate of drug-likeness (QED) is 0.595. The molecule has 1 atom stereocenters. The Kier molecular flexibility index (Phi) is 3.74. The van der Waals surface area contributed by atoms with Crippen LogP contribution in [-0.2, 0) is 16.1 Å². The molecule has 1 saturated heterocycles. The van der Waals surface area contributed by atoms with Gasteiger partial charge in [0.1, 0.15) is 6.23 Å². The molecule has 0 radical (unpaired) electrons. The van der Waals surface area contributed by atoms with Crippen LogP contribution >= 0.6 is 0 Å². The summed E-state index contributed by atoms with van der Waals surface area (Å²) in [7, 11) is 0. The lowest BCUT2D eigenvalue weighted by atomic mass is 10.2. The number of amides is 2. The Balaban J connectivity index is 2.08. The second-order valence-electron chi connectivity index (χ2n) is 4.11. The van der Waals surface area contributed by atoms with Gasteiger partial charge in [-0.15, -0.1) is 0 Å². The highest BCUT2D eigenvalue weighted by atomic mass is 16.3. The lowest BCUT2D eigenvalue weighted by molar-refractivity contribution is -0.117. The molecule has 2 N–H and O–H groups in total. The minimum Gasteiger partial charge on any atom is -0.373 e. The van der Waals surface area contributed by atoms with E-state index >= 15 is 0 Å². The smallest absolute Gasteiger partial charge is 0.250 e. The molecule has 1 aromatic rings. The number of hydrogen-bond acceptors (Lipinski definition) is 3. The lowest BCUT2D eigenvalue weighted by Gasteiger charge is -2.12. The summed E-state index contributed by atoms with van der Waals surface area (Å²) in [5.74, 6) is -0.331. The number of benzene rings is 1. The van der Waals surface area contributed by atoms with Crippen LogP contribution in [0.15, 0.2) is 42.1 Å². The molecular formula is C13H14N2O3. The number of aliphatic hydroxyl groups excluding tert-OH is 1. The monoisotopic (exact) mass is 246 g/mol. The number of rotatable bonds is 4. The summed E-state index contributed by atoms with van der Waals surface area (Å²) in [5.41, 5.74) is 1.38. The maximum Gasteiger partial charge on any atom is 0.250 e. The summed E-state index contributed by atoms with van der Waals surface area (Å²) >= 11 is 0. The Bertz CT molecular complexity index is 470. The van der Waals surface area contributed by atoms with Crippen molar-refractivity contribution in [1.82, 2.24) is 10.2 Å². The number of carbonyl (C=O) groups excluding carboxylic acids is 2. The Morgan fingerprint density at radius 2 is 2.11 bits per heavy atom. The molecule has 0 spiro atoms. The maximum atomic E-state index is 11.4. The largest absolute Gasteiger partial charge is 0.373 e. The summed E-state index contributed by atoms with van der Waals surface area (Å²) in [6, 6.07) is 9.47. The summed E-state index contributed by atoms with van der Waals surface area (Å²) in [4.78, 5) is 23.8. The van der Waals surface area contributed by atoms with Crippen molar-refractivity contribution in [3.8, 4) is 0 Å². The van der Waals surface area contributed by atoms with E-state index in [9.17, 15) is 14.7 Å². The Labute approximate surface area is 105 Å². The summed E-state index contributed by atoms with van der Waals surface area (Å²) < 4.78 is 0. The van der Waals surface area contributed by atoms with Crippen molar-refractivity contribution in [2.75, 3.05) is 0 Å². The Morgan fingerprint density at radius 1 is 1.39 bits per heavy atom. The predicted octanol–water partition coefficient (Wildman–Crippen LogP) is 0.367. The fraction of sp³-hybridized carbons (Fsp3) is 0.231. The van der Waals surface area contributed by atoms with Crippen LogP contribution in [0.3, 0.4) is 0 Å². The van der Waals surface area contributed by atoms with Crippen molar-refractivity contribution in [3.63, 3.8) is 0 Å². The third-order valence-corrected chi connectivity index (χ3v) is 2.67. The van der Waals surface area contributed by atoms with E-state index in [0.717, 1.165) is 5.56 Å². The number of aliphatic hydroxyl groups is 1. The van der Waals surface area contributed by atoms with Crippen molar-refractivity contribution in [1.29, 1.82) is 0 Å². The highest BCUT2D eigenvalue weighted by Gasteiger charge is 2.24. The average molecular weight is 246 g/mol. The number of nitrogens with zero attached hydrogens (tertiary/aromatic N) is 1. The van der Waals surface area contributed by atoms with Gasteiger partial charge in [-0.2, -0.15) is 0 Å². The molecule has 0 bridgehead atoms. The molecule has 2 rings (SSSR count). The Morgan fingerprint density at radius 3 is 2.67 bits per heavy atom. The van der Waals surface area contributed by atoms with Crippen LogP contribution in [0.2, 0.25) is 0 Å². The number of hydrogen-bond donors (Lipinski definition) is 2. The first-order valence-electron chi connectivity index (χ1n) is 5.63. The molecule has 1 aromatic carbocycles. The molecule has 18 heavy (non-hydrogen) atoms. The Hall–Kier alpha value is -2.14. The number of carbonyl (C=O) groups is 2. The minimum atomic E-state index is -0.853. The molecule has 1 fully saturated rings. The van der Waals surface area contributed by atoms with Crippen LogP contribution in [0.5, 0.6) is 0 Å². The minimum absolute atomic E-state index is 0.220. The van der Waals surface area contributed by atoms with E-state index in [1.807, 2.05) is 30.3 Å². The van der Waals surface area contributed by atoms with Crippen molar-refractivity contribution >= 4 is 12.3 Å². The zero-order valence-electron chi connectivity index (χ0n) is 9.74. The van der Waals surface area contributed by atoms with E-state index < -0.39 is 6.23 Å². The second-order valence-corrected chi connectivity index (χ2v) is 4.11. The van der Waals surface area contributed by atoms with Crippen molar-refractivity contribution in [3.05, 3.63) is 47.7 Å². The first-order valence-corrected chi connectivity index (χ1v) is 5.63. The zero-order valence-corrected chi connectivity index (χ0v) is 9.74. The van der Waals surface area contributed by atoms with Crippen LogP contribution in [-0.4, -0.2) is 28.6 Å². The van der Waals surface area contributed by atoms with Crippen molar-refractivity contribution in [2.45, 2.75) is 19.2 Å². The van der Waals surface area contributed by atoms with Gasteiger partial charge >= 0.3 is 0 Å². The van der Waals surface area contributed by atoms with Gasteiger partial charge in [0.2, 0.25) is 6.41 Å². The first-order chi connectivity index (χ1) is 8.69. The predicted molar refractivity (Wildman–Crippen MR) is 64.9 cm³/mol. The molecule has 2 amide bonds. The standard InChI is InChI=1S/C13H14N2O3/c16-9-15(7-10-4-2-1-3-5-10)8-11-6-12(17)14-13(11)18/h1-5,8-9,12,17H,6-7H2,(H,14,18). The molecule has 0 aliphatic carbocycles. The summed E-state index contributed by atoms with van der Waals surface area (Å²) in [6.45, 7) is 0.400. The van der Waals surface area contributed by atoms with Crippen molar-refractivity contribution < 1.29 is 14.7 Å². The fourth-order valence-corrected chi connectivity index (χ4v) is 1.82. The van der Waals surface area contributed by atoms with Crippen molar-refractivity contribution in [2.24, 2.45) is 0 Å². The van der Waals surface area contributed by atoms with Gasteiger partial charge in [-0.25, -0.2) is 0 Å². The molecular weight excluding hydrogens is 232 g/mol. The molecule has 0 saturated carbocycles. The van der Waals surface area contributed by atoms with Crippen LogP contribution in [0.4, 0.5) is 0 Å².